The molecule has 1 atom stereocenters. The molecule has 1 saturated heterocycles. The van der Waals surface area contributed by atoms with Crippen LogP contribution in [-0.2, 0) is 9.53 Å². The number of thiophene rings is 1. The summed E-state index contributed by atoms with van der Waals surface area (Å²) in [7, 11) is 0. The topological polar surface area (TPSA) is 72.6 Å². The molecule has 1 amide bonds. The summed E-state index contributed by atoms with van der Waals surface area (Å²) in [6.07, 6.45) is 1.84. The molecule has 132 valence electrons. The Hall–Kier alpha value is -1.76. The van der Waals surface area contributed by atoms with Crippen molar-refractivity contribution in [3.05, 3.63) is 50.1 Å². The fraction of sp³-hybridized carbons (Fsp3) is 0.294. The van der Waals surface area contributed by atoms with Crippen LogP contribution in [0.1, 0.15) is 34.8 Å². The number of carbonyl (C=O) groups excluding carboxylic acids is 2. The lowest BCUT2D eigenvalue weighted by atomic mass is 10.1. The Morgan fingerprint density at radius 3 is 2.88 bits per heavy atom. The Morgan fingerprint density at radius 2 is 2.16 bits per heavy atom. The van der Waals surface area contributed by atoms with Gasteiger partial charge in [-0.3, -0.25) is 4.79 Å². The van der Waals surface area contributed by atoms with E-state index in [-0.39, 0.29) is 39.9 Å². The number of halogens is 2. The van der Waals surface area contributed by atoms with Crippen LogP contribution in [0.2, 0.25) is 10.0 Å². The average Bonchev–Trinajstić information content (AvgIpc) is 3.25. The zero-order valence-electron chi connectivity index (χ0n) is 13.2. The van der Waals surface area contributed by atoms with Gasteiger partial charge in [-0.05, 0) is 47.4 Å². The van der Waals surface area contributed by atoms with E-state index in [1.54, 1.807) is 16.2 Å². The van der Waals surface area contributed by atoms with E-state index in [1.165, 1.54) is 12.1 Å². The fourth-order valence-electron chi connectivity index (χ4n) is 2.92. The van der Waals surface area contributed by atoms with Crippen molar-refractivity contribution in [2.75, 3.05) is 18.9 Å². The molecule has 8 heteroatoms. The van der Waals surface area contributed by atoms with Gasteiger partial charge in [-0.15, -0.1) is 0 Å². The van der Waals surface area contributed by atoms with Crippen LogP contribution in [0.3, 0.4) is 0 Å². The summed E-state index contributed by atoms with van der Waals surface area (Å²) in [4.78, 5) is 26.4. The van der Waals surface area contributed by atoms with Gasteiger partial charge in [-0.1, -0.05) is 23.2 Å². The summed E-state index contributed by atoms with van der Waals surface area (Å²) >= 11 is 13.4. The summed E-state index contributed by atoms with van der Waals surface area (Å²) in [5, 5.41) is 4.47. The van der Waals surface area contributed by atoms with Gasteiger partial charge in [0.15, 0.2) is 6.61 Å². The summed E-state index contributed by atoms with van der Waals surface area (Å²) < 4.78 is 5.13. The maximum absolute atomic E-state index is 12.5. The number of rotatable bonds is 4. The van der Waals surface area contributed by atoms with Gasteiger partial charge < -0.3 is 15.4 Å². The summed E-state index contributed by atoms with van der Waals surface area (Å²) in [5.41, 5.74) is 7.04. The third-order valence-electron chi connectivity index (χ3n) is 4.14. The summed E-state index contributed by atoms with van der Waals surface area (Å²) in [5.74, 6) is -0.949. The molecule has 25 heavy (non-hydrogen) atoms. The van der Waals surface area contributed by atoms with Crippen molar-refractivity contribution in [2.45, 2.75) is 18.9 Å². The molecule has 0 saturated carbocycles. The van der Waals surface area contributed by atoms with Gasteiger partial charge in [0.05, 0.1) is 22.3 Å². The van der Waals surface area contributed by atoms with Crippen LogP contribution in [0, 0.1) is 0 Å². The summed E-state index contributed by atoms with van der Waals surface area (Å²) in [6.45, 7) is 0.311. The lowest BCUT2D eigenvalue weighted by molar-refractivity contribution is -0.135. The number of likely N-dealkylation sites (tertiary alicyclic amines) is 1. The number of ether oxygens (including phenoxy) is 1. The quantitative estimate of drug-likeness (QED) is 0.619. The molecule has 2 heterocycles. The van der Waals surface area contributed by atoms with Crippen LogP contribution in [0.4, 0.5) is 5.69 Å². The minimum absolute atomic E-state index is 0.0446. The van der Waals surface area contributed by atoms with E-state index in [4.69, 9.17) is 33.7 Å². The molecule has 0 spiro atoms. The molecule has 1 aliphatic rings. The molecule has 1 aliphatic heterocycles. The highest BCUT2D eigenvalue weighted by Crippen LogP contribution is 2.33. The van der Waals surface area contributed by atoms with Crippen molar-refractivity contribution in [3.63, 3.8) is 0 Å². The van der Waals surface area contributed by atoms with Crippen LogP contribution in [0.15, 0.2) is 29.0 Å². The minimum Gasteiger partial charge on any atom is -0.452 e. The molecule has 0 bridgehead atoms. The first-order valence-corrected chi connectivity index (χ1v) is 9.40. The third kappa shape index (κ3) is 3.92. The van der Waals surface area contributed by atoms with Gasteiger partial charge in [-0.2, -0.15) is 11.3 Å². The van der Waals surface area contributed by atoms with Crippen molar-refractivity contribution < 1.29 is 14.3 Å². The predicted molar refractivity (Wildman–Crippen MR) is 99.2 cm³/mol. The van der Waals surface area contributed by atoms with Gasteiger partial charge in [0, 0.05) is 11.6 Å². The zero-order chi connectivity index (χ0) is 18.0. The molecule has 3 rings (SSSR count). The summed E-state index contributed by atoms with van der Waals surface area (Å²) in [6, 6.07) is 4.88. The molecule has 5 nitrogen and oxygen atoms in total. The third-order valence-corrected chi connectivity index (χ3v) is 5.37. The first-order valence-electron chi connectivity index (χ1n) is 7.70. The van der Waals surface area contributed by atoms with Gasteiger partial charge >= 0.3 is 5.97 Å². The first kappa shape index (κ1) is 18.0. The van der Waals surface area contributed by atoms with Crippen molar-refractivity contribution >= 4 is 52.1 Å². The lowest BCUT2D eigenvalue weighted by Crippen LogP contribution is -2.34. The fourth-order valence-corrected chi connectivity index (χ4v) is 4.12. The van der Waals surface area contributed by atoms with E-state index in [2.05, 4.69) is 0 Å². The number of carbonyl (C=O) groups is 2. The highest BCUT2D eigenvalue weighted by Gasteiger charge is 2.30. The Bertz CT molecular complexity index is 795. The van der Waals surface area contributed by atoms with E-state index in [9.17, 15) is 9.59 Å². The van der Waals surface area contributed by atoms with E-state index < -0.39 is 5.97 Å². The number of esters is 1. The number of anilines is 1. The van der Waals surface area contributed by atoms with Crippen LogP contribution in [0.25, 0.3) is 0 Å². The number of amides is 1. The number of hydrogen-bond acceptors (Lipinski definition) is 5. The number of nitrogens with zero attached hydrogens (tertiary/aromatic N) is 1. The molecule has 0 unspecified atom stereocenters. The van der Waals surface area contributed by atoms with E-state index in [1.807, 2.05) is 16.8 Å². The predicted octanol–water partition coefficient (Wildman–Crippen LogP) is 4.16. The molecular weight excluding hydrogens is 383 g/mol. The molecule has 0 aliphatic carbocycles. The van der Waals surface area contributed by atoms with Gasteiger partial charge in [-0.25, -0.2) is 4.79 Å². The van der Waals surface area contributed by atoms with Gasteiger partial charge in [0.2, 0.25) is 0 Å². The molecule has 2 N–H and O–H groups in total. The maximum Gasteiger partial charge on any atom is 0.340 e. The van der Waals surface area contributed by atoms with Gasteiger partial charge in [0.25, 0.3) is 5.91 Å². The monoisotopic (exact) mass is 398 g/mol. The number of hydrogen-bond donors (Lipinski definition) is 1. The highest BCUT2D eigenvalue weighted by molar-refractivity contribution is 7.08. The van der Waals surface area contributed by atoms with Crippen molar-refractivity contribution in [3.8, 4) is 0 Å². The normalized spacial score (nSPS) is 16.9. The molecule has 2 aromatic rings. The Balaban J connectivity index is 1.65. The van der Waals surface area contributed by atoms with Crippen LogP contribution in [0.5, 0.6) is 0 Å². The number of benzene rings is 1. The smallest absolute Gasteiger partial charge is 0.340 e. The second-order valence-electron chi connectivity index (χ2n) is 5.73. The molecule has 1 fully saturated rings. The molecule has 0 radical (unpaired) electrons. The standard InChI is InChI=1S/C17H16Cl2N2O3S/c18-11-6-12(16(20)13(19)7-11)17(23)24-8-15(22)21-4-1-2-14(21)10-3-5-25-9-10/h3,5-7,9,14H,1-2,4,8,20H2/t14-/m0/s1. The SMILES string of the molecule is Nc1c(Cl)cc(Cl)cc1C(=O)OCC(=O)N1CCC[C@H]1c1ccsc1. The Labute approximate surface area is 159 Å². The van der Waals surface area contributed by atoms with Crippen LogP contribution < -0.4 is 5.73 Å². The van der Waals surface area contributed by atoms with E-state index in [0.29, 0.717) is 6.54 Å². The number of nitrogen functional groups attached to an aromatic ring is 1. The second-order valence-corrected chi connectivity index (χ2v) is 7.35. The van der Waals surface area contributed by atoms with Crippen molar-refractivity contribution in [1.82, 2.24) is 4.90 Å². The van der Waals surface area contributed by atoms with Gasteiger partial charge in [0.1, 0.15) is 0 Å². The maximum atomic E-state index is 12.5. The Morgan fingerprint density at radius 1 is 1.36 bits per heavy atom. The van der Waals surface area contributed by atoms with E-state index >= 15 is 0 Å². The molecular formula is C17H16Cl2N2O3S. The van der Waals surface area contributed by atoms with Crippen LogP contribution >= 0.6 is 34.5 Å². The lowest BCUT2D eigenvalue weighted by Gasteiger charge is -2.24. The first-order chi connectivity index (χ1) is 12.0. The molecule has 1 aromatic heterocycles. The van der Waals surface area contributed by atoms with Crippen LogP contribution in [-0.4, -0.2) is 29.9 Å². The highest BCUT2D eigenvalue weighted by atomic mass is 35.5. The van der Waals surface area contributed by atoms with E-state index in [0.717, 1.165) is 18.4 Å². The minimum atomic E-state index is -0.721. The second kappa shape index (κ2) is 7.64. The zero-order valence-corrected chi connectivity index (χ0v) is 15.5. The molecule has 1 aromatic carbocycles. The largest absolute Gasteiger partial charge is 0.452 e. The van der Waals surface area contributed by atoms with Crippen molar-refractivity contribution in [1.29, 1.82) is 0 Å². The average molecular weight is 399 g/mol. The van der Waals surface area contributed by atoms with Crippen molar-refractivity contribution in [2.24, 2.45) is 0 Å². The number of nitrogens with two attached hydrogens (primary N) is 1. The Kier molecular flexibility index (Phi) is 5.51.